The Balaban J connectivity index is 2.83. The Labute approximate surface area is 82.5 Å². The third-order valence-electron chi connectivity index (χ3n) is 1.66. The number of allylic oxidation sites excluding steroid dienone is 2. The van der Waals surface area contributed by atoms with Crippen LogP contribution in [0, 0.1) is 10.1 Å². The molecule has 0 aromatic heterocycles. The van der Waals surface area contributed by atoms with E-state index in [1.54, 1.807) is 12.1 Å². The van der Waals surface area contributed by atoms with Gasteiger partial charge in [0.05, 0.1) is 4.92 Å². The second-order valence-corrected chi connectivity index (χ2v) is 3.03. The van der Waals surface area contributed by atoms with E-state index in [2.05, 4.69) is 6.58 Å². The third-order valence-corrected chi connectivity index (χ3v) is 1.66. The van der Waals surface area contributed by atoms with Crippen LogP contribution < -0.4 is 0 Å². The maximum atomic E-state index is 10.4. The second-order valence-electron chi connectivity index (χ2n) is 3.03. The topological polar surface area (TPSA) is 43.1 Å². The van der Waals surface area contributed by atoms with Crippen molar-refractivity contribution >= 4 is 11.8 Å². The van der Waals surface area contributed by atoms with Gasteiger partial charge in [-0.15, -0.1) is 0 Å². The largest absolute Gasteiger partial charge is 0.269 e. The predicted molar refractivity (Wildman–Crippen MR) is 56.9 cm³/mol. The van der Waals surface area contributed by atoms with Crippen LogP contribution in [0.25, 0.3) is 6.08 Å². The monoisotopic (exact) mass is 189 g/mol. The number of hydrogen-bond acceptors (Lipinski definition) is 2. The van der Waals surface area contributed by atoms with Crippen molar-refractivity contribution in [3.63, 3.8) is 0 Å². The molecule has 3 nitrogen and oxygen atoms in total. The van der Waals surface area contributed by atoms with Crippen molar-refractivity contribution in [3.8, 4) is 0 Å². The van der Waals surface area contributed by atoms with Crippen LogP contribution in [0.4, 0.5) is 5.69 Å². The Kier molecular flexibility index (Phi) is 3.18. The number of benzene rings is 1. The fourth-order valence-corrected chi connectivity index (χ4v) is 0.946. The molecule has 0 unspecified atom stereocenters. The summed E-state index contributed by atoms with van der Waals surface area (Å²) in [7, 11) is 0. The smallest absolute Gasteiger partial charge is 0.258 e. The summed E-state index contributed by atoms with van der Waals surface area (Å²) >= 11 is 0. The lowest BCUT2D eigenvalue weighted by molar-refractivity contribution is -0.384. The average Bonchev–Trinajstić information content (AvgIpc) is 2.15. The lowest BCUT2D eigenvalue weighted by Crippen LogP contribution is -1.86. The molecule has 0 spiro atoms. The average molecular weight is 189 g/mol. The Morgan fingerprint density at radius 1 is 1.43 bits per heavy atom. The molecule has 0 fully saturated rings. The summed E-state index contributed by atoms with van der Waals surface area (Å²) in [6.45, 7) is 5.61. The van der Waals surface area contributed by atoms with Gasteiger partial charge in [-0.3, -0.25) is 10.1 Å². The summed E-state index contributed by atoms with van der Waals surface area (Å²) in [6.07, 6.45) is 3.73. The van der Waals surface area contributed by atoms with Crippen LogP contribution >= 0.6 is 0 Å². The van der Waals surface area contributed by atoms with Gasteiger partial charge in [-0.1, -0.05) is 24.3 Å². The van der Waals surface area contributed by atoms with Gasteiger partial charge in [0.1, 0.15) is 0 Å². The van der Waals surface area contributed by atoms with Crippen LogP contribution in [0.1, 0.15) is 12.5 Å². The Hall–Kier alpha value is -1.90. The fraction of sp³-hybridized carbons (Fsp3) is 0.0909. The minimum atomic E-state index is -0.410. The van der Waals surface area contributed by atoms with Crippen molar-refractivity contribution < 1.29 is 4.92 Å². The molecular weight excluding hydrogens is 178 g/mol. The summed E-state index contributed by atoms with van der Waals surface area (Å²) < 4.78 is 0. The van der Waals surface area contributed by atoms with E-state index in [0.29, 0.717) is 0 Å². The quantitative estimate of drug-likeness (QED) is 0.416. The molecule has 14 heavy (non-hydrogen) atoms. The van der Waals surface area contributed by atoms with Gasteiger partial charge >= 0.3 is 0 Å². The van der Waals surface area contributed by atoms with Crippen LogP contribution in [0.5, 0.6) is 0 Å². The number of non-ortho nitro benzene ring substituents is 1. The summed E-state index contributed by atoms with van der Waals surface area (Å²) in [5.74, 6) is 0. The van der Waals surface area contributed by atoms with Crippen molar-refractivity contribution in [3.05, 3.63) is 58.2 Å². The highest BCUT2D eigenvalue weighted by Crippen LogP contribution is 2.13. The molecule has 0 saturated carbocycles. The lowest BCUT2D eigenvalue weighted by Gasteiger charge is -1.93. The number of nitrogens with zero attached hydrogens (tertiary/aromatic N) is 1. The molecule has 0 heterocycles. The van der Waals surface area contributed by atoms with Crippen LogP contribution in [0.2, 0.25) is 0 Å². The van der Waals surface area contributed by atoms with Gasteiger partial charge in [0.2, 0.25) is 0 Å². The molecule has 0 aliphatic heterocycles. The highest BCUT2D eigenvalue weighted by atomic mass is 16.6. The molecular formula is C11H11NO2. The first-order chi connectivity index (χ1) is 6.59. The molecule has 0 radical (unpaired) electrons. The van der Waals surface area contributed by atoms with Crippen molar-refractivity contribution in [1.82, 2.24) is 0 Å². The van der Waals surface area contributed by atoms with Crippen molar-refractivity contribution in [2.75, 3.05) is 0 Å². The van der Waals surface area contributed by atoms with E-state index < -0.39 is 4.92 Å². The Bertz CT molecular complexity index is 377. The van der Waals surface area contributed by atoms with E-state index in [9.17, 15) is 10.1 Å². The summed E-state index contributed by atoms with van der Waals surface area (Å²) in [5, 5.41) is 10.4. The minimum absolute atomic E-state index is 0.109. The minimum Gasteiger partial charge on any atom is -0.258 e. The molecule has 72 valence electrons. The van der Waals surface area contributed by atoms with Crippen LogP contribution in [-0.4, -0.2) is 4.92 Å². The first kappa shape index (κ1) is 10.2. The van der Waals surface area contributed by atoms with E-state index in [1.165, 1.54) is 12.1 Å². The molecule has 0 aliphatic rings. The van der Waals surface area contributed by atoms with Gasteiger partial charge in [0.25, 0.3) is 5.69 Å². The molecule has 0 saturated heterocycles. The van der Waals surface area contributed by atoms with E-state index in [0.717, 1.165) is 11.1 Å². The zero-order valence-corrected chi connectivity index (χ0v) is 7.93. The number of nitro benzene ring substituents is 1. The standard InChI is InChI=1S/C11H11NO2/c1-9(2)3-4-10-5-7-11(8-6-10)12(13)14/h3-8H,1H2,2H3/b4-3-. The molecule has 0 amide bonds. The van der Waals surface area contributed by atoms with Gasteiger partial charge in [-0.05, 0) is 24.6 Å². The summed E-state index contributed by atoms with van der Waals surface area (Å²) in [5.41, 5.74) is 1.99. The predicted octanol–water partition coefficient (Wildman–Crippen LogP) is 3.18. The first-order valence-corrected chi connectivity index (χ1v) is 4.17. The Morgan fingerprint density at radius 2 is 2.00 bits per heavy atom. The number of nitro groups is 1. The molecule has 0 atom stereocenters. The van der Waals surface area contributed by atoms with Crippen molar-refractivity contribution in [2.24, 2.45) is 0 Å². The second kappa shape index (κ2) is 4.37. The van der Waals surface area contributed by atoms with E-state index in [1.807, 2.05) is 19.1 Å². The van der Waals surface area contributed by atoms with Crippen LogP contribution in [0.15, 0.2) is 42.5 Å². The lowest BCUT2D eigenvalue weighted by atomic mass is 10.1. The van der Waals surface area contributed by atoms with Gasteiger partial charge in [0.15, 0.2) is 0 Å². The maximum Gasteiger partial charge on any atom is 0.269 e. The van der Waals surface area contributed by atoms with Gasteiger partial charge in [0, 0.05) is 12.1 Å². The summed E-state index contributed by atoms with van der Waals surface area (Å²) in [4.78, 5) is 9.94. The van der Waals surface area contributed by atoms with Crippen LogP contribution in [-0.2, 0) is 0 Å². The molecule has 0 aliphatic carbocycles. The van der Waals surface area contributed by atoms with Crippen molar-refractivity contribution in [2.45, 2.75) is 6.92 Å². The Morgan fingerprint density at radius 3 is 2.43 bits per heavy atom. The van der Waals surface area contributed by atoms with Gasteiger partial charge in [-0.25, -0.2) is 0 Å². The molecule has 1 rings (SSSR count). The van der Waals surface area contributed by atoms with E-state index >= 15 is 0 Å². The highest BCUT2D eigenvalue weighted by Gasteiger charge is 2.01. The molecule has 0 N–H and O–H groups in total. The number of hydrogen-bond donors (Lipinski definition) is 0. The van der Waals surface area contributed by atoms with Crippen LogP contribution in [0.3, 0.4) is 0 Å². The number of rotatable bonds is 3. The van der Waals surface area contributed by atoms with E-state index in [-0.39, 0.29) is 5.69 Å². The molecule has 0 bridgehead atoms. The SMILES string of the molecule is C=C(C)/C=C\c1ccc([N+](=O)[O-])cc1. The normalized spacial score (nSPS) is 10.4. The fourth-order valence-electron chi connectivity index (χ4n) is 0.946. The zero-order chi connectivity index (χ0) is 10.6. The summed E-state index contributed by atoms with van der Waals surface area (Å²) in [6, 6.07) is 6.38. The first-order valence-electron chi connectivity index (χ1n) is 4.17. The maximum absolute atomic E-state index is 10.4. The highest BCUT2D eigenvalue weighted by molar-refractivity contribution is 5.54. The molecule has 1 aromatic rings. The molecule has 1 aromatic carbocycles. The molecule has 3 heteroatoms. The van der Waals surface area contributed by atoms with Gasteiger partial charge in [-0.2, -0.15) is 0 Å². The van der Waals surface area contributed by atoms with E-state index in [4.69, 9.17) is 0 Å². The van der Waals surface area contributed by atoms with Gasteiger partial charge < -0.3 is 0 Å². The third kappa shape index (κ3) is 2.86. The van der Waals surface area contributed by atoms with Crippen molar-refractivity contribution in [1.29, 1.82) is 0 Å². The zero-order valence-electron chi connectivity index (χ0n) is 7.93.